The highest BCUT2D eigenvalue weighted by Crippen LogP contribution is 2.22. The third-order valence-corrected chi connectivity index (χ3v) is 4.01. The molecule has 3 N–H and O–H groups in total. The summed E-state index contributed by atoms with van der Waals surface area (Å²) in [7, 11) is 0. The van der Waals surface area contributed by atoms with Gasteiger partial charge >= 0.3 is 0 Å². The summed E-state index contributed by atoms with van der Waals surface area (Å²) in [5.74, 6) is -0.518. The number of nitrogens with two attached hydrogens (primary N) is 1. The van der Waals surface area contributed by atoms with Crippen LogP contribution in [0.3, 0.4) is 0 Å². The molecular formula is C13H13ClN2OS. The number of anilines is 1. The highest BCUT2D eigenvalue weighted by Gasteiger charge is 2.07. The molecule has 5 heteroatoms. The molecule has 0 radical (unpaired) electrons. The second-order valence-corrected chi connectivity index (χ2v) is 5.35. The van der Waals surface area contributed by atoms with Gasteiger partial charge in [-0.1, -0.05) is 11.6 Å². The van der Waals surface area contributed by atoms with Crippen molar-refractivity contribution in [1.29, 1.82) is 0 Å². The molecule has 0 unspecified atom stereocenters. The Morgan fingerprint density at radius 2 is 2.22 bits per heavy atom. The minimum absolute atomic E-state index is 0.338. The summed E-state index contributed by atoms with van der Waals surface area (Å²) < 4.78 is 0. The molecule has 0 aliphatic carbocycles. The molecule has 94 valence electrons. The second-order valence-electron chi connectivity index (χ2n) is 3.94. The minimum Gasteiger partial charge on any atom is -0.380 e. The fourth-order valence-electron chi connectivity index (χ4n) is 1.59. The van der Waals surface area contributed by atoms with Crippen molar-refractivity contribution in [3.8, 4) is 0 Å². The van der Waals surface area contributed by atoms with Crippen molar-refractivity contribution in [2.75, 3.05) is 5.32 Å². The predicted octanol–water partition coefficient (Wildman–Crippen LogP) is 3.42. The largest absolute Gasteiger partial charge is 0.380 e. The summed E-state index contributed by atoms with van der Waals surface area (Å²) in [5, 5.41) is 5.69. The summed E-state index contributed by atoms with van der Waals surface area (Å²) in [6.45, 7) is 2.80. The topological polar surface area (TPSA) is 55.1 Å². The second kappa shape index (κ2) is 5.42. The fraction of sp³-hybridized carbons (Fsp3) is 0.154. The number of halogens is 1. The number of hydrogen-bond acceptors (Lipinski definition) is 3. The molecule has 1 aromatic heterocycles. The first-order valence-electron chi connectivity index (χ1n) is 5.44. The van der Waals surface area contributed by atoms with Gasteiger partial charge in [-0.25, -0.2) is 0 Å². The number of rotatable bonds is 4. The van der Waals surface area contributed by atoms with E-state index in [-0.39, 0.29) is 0 Å². The molecule has 1 heterocycles. The number of aryl methyl sites for hydroxylation is 1. The van der Waals surface area contributed by atoms with Gasteiger partial charge in [0.15, 0.2) is 0 Å². The van der Waals surface area contributed by atoms with Crippen LogP contribution in [0.5, 0.6) is 0 Å². The summed E-state index contributed by atoms with van der Waals surface area (Å²) in [6.07, 6.45) is 0. The van der Waals surface area contributed by atoms with Gasteiger partial charge in [-0.2, -0.15) is 0 Å². The van der Waals surface area contributed by atoms with Crippen LogP contribution in [0.2, 0.25) is 5.02 Å². The number of thiophene rings is 1. The van der Waals surface area contributed by atoms with Crippen LogP contribution in [0.15, 0.2) is 29.6 Å². The number of hydrogen-bond donors (Lipinski definition) is 2. The Hall–Kier alpha value is -1.52. The summed E-state index contributed by atoms with van der Waals surface area (Å²) in [4.78, 5) is 12.4. The van der Waals surface area contributed by atoms with Crippen molar-refractivity contribution < 1.29 is 4.79 Å². The molecular weight excluding hydrogens is 268 g/mol. The highest BCUT2D eigenvalue weighted by molar-refractivity contribution is 7.10. The normalized spacial score (nSPS) is 10.3. The average Bonchev–Trinajstić information content (AvgIpc) is 2.73. The first kappa shape index (κ1) is 12.9. The summed E-state index contributed by atoms with van der Waals surface area (Å²) >= 11 is 7.59. The maximum Gasteiger partial charge on any atom is 0.250 e. The van der Waals surface area contributed by atoms with Crippen molar-refractivity contribution in [1.82, 2.24) is 0 Å². The Kier molecular flexibility index (Phi) is 3.89. The van der Waals surface area contributed by atoms with Gasteiger partial charge in [0.05, 0.1) is 10.6 Å². The van der Waals surface area contributed by atoms with Crippen molar-refractivity contribution in [3.05, 3.63) is 50.7 Å². The van der Waals surface area contributed by atoms with E-state index in [4.69, 9.17) is 17.3 Å². The lowest BCUT2D eigenvalue weighted by Gasteiger charge is -2.08. The highest BCUT2D eigenvalue weighted by atomic mass is 35.5. The molecule has 3 nitrogen and oxygen atoms in total. The molecule has 0 aliphatic heterocycles. The Bertz CT molecular complexity index is 580. The molecule has 18 heavy (non-hydrogen) atoms. The maximum atomic E-state index is 11.2. The summed E-state index contributed by atoms with van der Waals surface area (Å²) in [5.41, 5.74) is 7.68. The Balaban J connectivity index is 2.13. The van der Waals surface area contributed by atoms with E-state index in [1.54, 1.807) is 23.5 Å². The van der Waals surface area contributed by atoms with Crippen LogP contribution < -0.4 is 11.1 Å². The van der Waals surface area contributed by atoms with Crippen LogP contribution in [0, 0.1) is 6.92 Å². The number of carbonyl (C=O) groups excluding carboxylic acids is 1. The van der Waals surface area contributed by atoms with Crippen molar-refractivity contribution in [2.24, 2.45) is 5.73 Å². The van der Waals surface area contributed by atoms with Crippen LogP contribution in [0.1, 0.15) is 20.8 Å². The van der Waals surface area contributed by atoms with Crippen molar-refractivity contribution in [2.45, 2.75) is 13.5 Å². The van der Waals surface area contributed by atoms with Gasteiger partial charge in [0.2, 0.25) is 5.91 Å². The molecule has 0 saturated heterocycles. The van der Waals surface area contributed by atoms with Crippen molar-refractivity contribution in [3.63, 3.8) is 0 Å². The molecule has 0 saturated carbocycles. The molecule has 2 aromatic rings. The number of carbonyl (C=O) groups is 1. The van der Waals surface area contributed by atoms with Gasteiger partial charge in [-0.05, 0) is 42.1 Å². The van der Waals surface area contributed by atoms with E-state index >= 15 is 0 Å². The van der Waals surface area contributed by atoms with Gasteiger partial charge in [0, 0.05) is 17.1 Å². The Morgan fingerprint density at radius 3 is 2.83 bits per heavy atom. The standard InChI is InChI=1S/C13H13ClN2OS/c1-8-4-5-18-12(8)7-16-9-2-3-11(14)10(6-9)13(15)17/h2-6,16H,7H2,1H3,(H2,15,17). The fourth-order valence-corrected chi connectivity index (χ4v) is 2.65. The van der Waals surface area contributed by atoms with Crippen LogP contribution in [0.4, 0.5) is 5.69 Å². The maximum absolute atomic E-state index is 11.2. The average molecular weight is 281 g/mol. The van der Waals surface area contributed by atoms with E-state index in [0.29, 0.717) is 10.6 Å². The lowest BCUT2D eigenvalue weighted by Crippen LogP contribution is -2.12. The minimum atomic E-state index is -0.518. The van der Waals surface area contributed by atoms with Gasteiger partial charge in [-0.15, -0.1) is 11.3 Å². The van der Waals surface area contributed by atoms with E-state index < -0.39 is 5.91 Å². The quantitative estimate of drug-likeness (QED) is 0.902. The van der Waals surface area contributed by atoms with Gasteiger partial charge in [0.1, 0.15) is 0 Å². The zero-order chi connectivity index (χ0) is 13.1. The monoisotopic (exact) mass is 280 g/mol. The molecule has 0 fully saturated rings. The lowest BCUT2D eigenvalue weighted by atomic mass is 10.2. The van der Waals surface area contributed by atoms with E-state index in [1.165, 1.54) is 10.4 Å². The lowest BCUT2D eigenvalue weighted by molar-refractivity contribution is 0.100. The zero-order valence-corrected chi connectivity index (χ0v) is 11.4. The first-order valence-corrected chi connectivity index (χ1v) is 6.70. The Labute approximate surface area is 115 Å². The molecule has 1 aromatic carbocycles. The van der Waals surface area contributed by atoms with E-state index in [1.807, 2.05) is 6.07 Å². The molecule has 0 bridgehead atoms. The molecule has 0 spiro atoms. The number of amides is 1. The van der Waals surface area contributed by atoms with E-state index in [9.17, 15) is 4.79 Å². The van der Waals surface area contributed by atoms with Crippen molar-refractivity contribution >= 4 is 34.5 Å². The Morgan fingerprint density at radius 1 is 1.44 bits per heavy atom. The number of benzene rings is 1. The third kappa shape index (κ3) is 2.83. The SMILES string of the molecule is Cc1ccsc1CNc1ccc(Cl)c(C(N)=O)c1. The first-order chi connectivity index (χ1) is 8.58. The molecule has 2 rings (SSSR count). The predicted molar refractivity (Wildman–Crippen MR) is 76.4 cm³/mol. The van der Waals surface area contributed by atoms with Gasteiger partial charge < -0.3 is 11.1 Å². The molecule has 0 atom stereocenters. The van der Waals surface area contributed by atoms with Crippen LogP contribution in [0.25, 0.3) is 0 Å². The summed E-state index contributed by atoms with van der Waals surface area (Å²) in [6, 6.07) is 7.26. The third-order valence-electron chi connectivity index (χ3n) is 2.65. The zero-order valence-electron chi connectivity index (χ0n) is 9.87. The van der Waals surface area contributed by atoms with E-state index in [2.05, 4.69) is 23.7 Å². The van der Waals surface area contributed by atoms with E-state index in [0.717, 1.165) is 12.2 Å². The molecule has 1 amide bonds. The molecule has 0 aliphatic rings. The number of nitrogens with one attached hydrogen (secondary N) is 1. The van der Waals surface area contributed by atoms with Crippen LogP contribution in [-0.4, -0.2) is 5.91 Å². The smallest absolute Gasteiger partial charge is 0.250 e. The van der Waals surface area contributed by atoms with Crippen LogP contribution >= 0.6 is 22.9 Å². The van der Waals surface area contributed by atoms with Gasteiger partial charge in [0.25, 0.3) is 0 Å². The number of primary amides is 1. The van der Waals surface area contributed by atoms with Crippen LogP contribution in [-0.2, 0) is 6.54 Å². The van der Waals surface area contributed by atoms with Gasteiger partial charge in [-0.3, -0.25) is 4.79 Å².